The first-order valence-electron chi connectivity index (χ1n) is 9.54. The van der Waals surface area contributed by atoms with Crippen LogP contribution < -0.4 is 0 Å². The third kappa shape index (κ3) is 6.05. The lowest BCUT2D eigenvalue weighted by Crippen LogP contribution is -2.44. The molecule has 1 spiro atoms. The highest BCUT2D eigenvalue weighted by Crippen LogP contribution is 2.50. The van der Waals surface area contributed by atoms with Crippen molar-refractivity contribution in [2.24, 2.45) is 11.3 Å². The average Bonchev–Trinajstić information content (AvgIpc) is 2.89. The summed E-state index contributed by atoms with van der Waals surface area (Å²) >= 11 is 0. The molecule has 2 aliphatic rings. The van der Waals surface area contributed by atoms with Crippen molar-refractivity contribution in [1.29, 1.82) is 0 Å². The minimum Gasteiger partial charge on any atom is -0.463 e. The third-order valence-electron chi connectivity index (χ3n) is 5.29. The molecule has 1 unspecified atom stereocenters. The summed E-state index contributed by atoms with van der Waals surface area (Å²) in [6.07, 6.45) is 10.0. The smallest absolute Gasteiger partial charge is 0.410 e. The molecule has 2 fully saturated rings. The zero-order valence-electron chi connectivity index (χ0n) is 16.2. The first-order chi connectivity index (χ1) is 11.7. The molecule has 142 valence electrons. The van der Waals surface area contributed by atoms with Gasteiger partial charge in [0.05, 0.1) is 6.61 Å². The second-order valence-corrected chi connectivity index (χ2v) is 8.47. The van der Waals surface area contributed by atoms with Crippen LogP contribution >= 0.6 is 0 Å². The minimum absolute atomic E-state index is 0.186. The summed E-state index contributed by atoms with van der Waals surface area (Å²) in [4.78, 5) is 25.4. The van der Waals surface area contributed by atoms with E-state index in [-0.39, 0.29) is 12.1 Å². The van der Waals surface area contributed by atoms with Gasteiger partial charge in [0.2, 0.25) is 0 Å². The van der Waals surface area contributed by atoms with Gasteiger partial charge in [-0.1, -0.05) is 6.08 Å². The van der Waals surface area contributed by atoms with Crippen molar-refractivity contribution in [2.45, 2.75) is 71.8 Å². The number of esters is 1. The summed E-state index contributed by atoms with van der Waals surface area (Å²) in [6, 6.07) is 0. The van der Waals surface area contributed by atoms with Crippen LogP contribution in [0, 0.1) is 11.3 Å². The number of piperidine rings is 1. The van der Waals surface area contributed by atoms with Gasteiger partial charge >= 0.3 is 12.1 Å². The van der Waals surface area contributed by atoms with E-state index >= 15 is 0 Å². The van der Waals surface area contributed by atoms with Crippen LogP contribution in [0.4, 0.5) is 4.79 Å². The number of nitrogens with zero attached hydrogens (tertiary/aromatic N) is 1. The average molecular weight is 351 g/mol. The molecule has 0 aromatic carbocycles. The topological polar surface area (TPSA) is 55.8 Å². The molecular formula is C20H33NO4. The Kier molecular flexibility index (Phi) is 6.53. The zero-order valence-corrected chi connectivity index (χ0v) is 16.2. The number of allylic oxidation sites excluding steroid dienone is 1. The highest BCUT2D eigenvalue weighted by molar-refractivity contribution is 5.81. The molecule has 25 heavy (non-hydrogen) atoms. The molecule has 1 aliphatic carbocycles. The van der Waals surface area contributed by atoms with E-state index in [4.69, 9.17) is 9.47 Å². The van der Waals surface area contributed by atoms with Gasteiger partial charge in [-0.15, -0.1) is 0 Å². The Hall–Kier alpha value is -1.52. The Morgan fingerprint density at radius 2 is 1.88 bits per heavy atom. The lowest BCUT2D eigenvalue weighted by atomic mass is 9.76. The lowest BCUT2D eigenvalue weighted by molar-refractivity contribution is -0.137. The van der Waals surface area contributed by atoms with Gasteiger partial charge in [-0.3, -0.25) is 0 Å². The molecule has 5 heteroatoms. The van der Waals surface area contributed by atoms with Crippen molar-refractivity contribution in [1.82, 2.24) is 4.90 Å². The van der Waals surface area contributed by atoms with Crippen LogP contribution in [0.3, 0.4) is 0 Å². The van der Waals surface area contributed by atoms with Gasteiger partial charge in [0, 0.05) is 19.2 Å². The van der Waals surface area contributed by atoms with Crippen LogP contribution in [0.15, 0.2) is 12.2 Å². The molecule has 0 aromatic heterocycles. The number of likely N-dealkylation sites (tertiary alicyclic amines) is 1. The molecule has 1 aliphatic heterocycles. The van der Waals surface area contributed by atoms with Gasteiger partial charge < -0.3 is 14.4 Å². The molecule has 1 saturated heterocycles. The van der Waals surface area contributed by atoms with E-state index < -0.39 is 5.60 Å². The van der Waals surface area contributed by atoms with Gasteiger partial charge in [0.15, 0.2) is 0 Å². The Balaban J connectivity index is 1.76. The maximum absolute atomic E-state index is 12.2. The SMILES string of the molecule is CCOC(=O)/C=C\CC1CCC2(CCN(C(=O)OC(C)(C)C)CC2)C1. The molecule has 5 nitrogen and oxygen atoms in total. The quantitative estimate of drug-likeness (QED) is 0.559. The van der Waals surface area contributed by atoms with Crippen LogP contribution in [0.5, 0.6) is 0 Å². The number of carbonyl (C=O) groups excluding carboxylic acids is 2. The second-order valence-electron chi connectivity index (χ2n) is 8.47. The van der Waals surface area contributed by atoms with E-state index in [2.05, 4.69) is 0 Å². The van der Waals surface area contributed by atoms with Crippen molar-refractivity contribution in [2.75, 3.05) is 19.7 Å². The molecule has 0 radical (unpaired) electrons. The molecule has 0 bridgehead atoms. The summed E-state index contributed by atoms with van der Waals surface area (Å²) in [7, 11) is 0. The Morgan fingerprint density at radius 3 is 2.48 bits per heavy atom. The number of hydrogen-bond donors (Lipinski definition) is 0. The summed E-state index contributed by atoms with van der Waals surface area (Å²) < 4.78 is 10.4. The van der Waals surface area contributed by atoms with Crippen molar-refractivity contribution in [3.8, 4) is 0 Å². The minimum atomic E-state index is -0.435. The highest BCUT2D eigenvalue weighted by atomic mass is 16.6. The molecule has 2 rings (SSSR count). The lowest BCUT2D eigenvalue weighted by Gasteiger charge is -2.40. The normalized spacial score (nSPS) is 23.2. The van der Waals surface area contributed by atoms with Gasteiger partial charge in [-0.25, -0.2) is 9.59 Å². The second kappa shape index (κ2) is 8.24. The van der Waals surface area contributed by atoms with Crippen LogP contribution in [-0.2, 0) is 14.3 Å². The van der Waals surface area contributed by atoms with Crippen molar-refractivity contribution < 1.29 is 19.1 Å². The van der Waals surface area contributed by atoms with Crippen LogP contribution in [0.1, 0.15) is 66.2 Å². The fourth-order valence-electron chi connectivity index (χ4n) is 4.02. The fourth-order valence-corrected chi connectivity index (χ4v) is 4.02. The number of rotatable bonds is 4. The van der Waals surface area contributed by atoms with E-state index in [1.54, 1.807) is 6.08 Å². The molecule has 1 saturated carbocycles. The molecule has 1 amide bonds. The molecule has 1 heterocycles. The van der Waals surface area contributed by atoms with Crippen LogP contribution in [-0.4, -0.2) is 42.3 Å². The predicted octanol–water partition coefficient (Wildman–Crippen LogP) is 4.31. The zero-order chi connectivity index (χ0) is 18.5. The summed E-state index contributed by atoms with van der Waals surface area (Å²) in [5.41, 5.74) is -0.0587. The van der Waals surface area contributed by atoms with E-state index in [0.29, 0.717) is 17.9 Å². The maximum Gasteiger partial charge on any atom is 0.410 e. The standard InChI is InChI=1S/C20H33NO4/c1-5-24-17(22)8-6-7-16-9-10-20(15-16)11-13-21(14-12-20)18(23)25-19(2,3)4/h6,8,16H,5,7,9-15H2,1-4H3/b8-6-. The van der Waals surface area contributed by atoms with E-state index in [1.807, 2.05) is 38.7 Å². The van der Waals surface area contributed by atoms with Gasteiger partial charge in [-0.05, 0) is 77.6 Å². The first-order valence-corrected chi connectivity index (χ1v) is 9.54. The largest absolute Gasteiger partial charge is 0.463 e. The number of ether oxygens (including phenoxy) is 2. The Morgan fingerprint density at radius 1 is 1.20 bits per heavy atom. The first kappa shape index (κ1) is 19.8. The predicted molar refractivity (Wildman–Crippen MR) is 97.2 cm³/mol. The van der Waals surface area contributed by atoms with Crippen LogP contribution in [0.2, 0.25) is 0 Å². The third-order valence-corrected chi connectivity index (χ3v) is 5.29. The van der Waals surface area contributed by atoms with E-state index in [1.165, 1.54) is 19.3 Å². The monoisotopic (exact) mass is 351 g/mol. The number of hydrogen-bond acceptors (Lipinski definition) is 4. The number of amides is 1. The molecule has 0 N–H and O–H groups in total. The van der Waals surface area contributed by atoms with Gasteiger partial charge in [-0.2, -0.15) is 0 Å². The molecule has 0 aromatic rings. The summed E-state index contributed by atoms with van der Waals surface area (Å²) in [6.45, 7) is 9.53. The van der Waals surface area contributed by atoms with E-state index in [0.717, 1.165) is 32.4 Å². The van der Waals surface area contributed by atoms with Crippen LogP contribution in [0.25, 0.3) is 0 Å². The summed E-state index contributed by atoms with van der Waals surface area (Å²) in [5.74, 6) is 0.389. The Labute approximate surface area is 151 Å². The molecular weight excluding hydrogens is 318 g/mol. The van der Waals surface area contributed by atoms with Crippen molar-refractivity contribution >= 4 is 12.1 Å². The van der Waals surface area contributed by atoms with Gasteiger partial charge in [0.1, 0.15) is 5.60 Å². The highest BCUT2D eigenvalue weighted by Gasteiger charge is 2.42. The fraction of sp³-hybridized carbons (Fsp3) is 0.800. The van der Waals surface area contributed by atoms with Crippen molar-refractivity contribution in [3.05, 3.63) is 12.2 Å². The maximum atomic E-state index is 12.2. The Bertz CT molecular complexity index is 498. The summed E-state index contributed by atoms with van der Waals surface area (Å²) in [5, 5.41) is 0. The van der Waals surface area contributed by atoms with Gasteiger partial charge in [0.25, 0.3) is 0 Å². The van der Waals surface area contributed by atoms with E-state index in [9.17, 15) is 9.59 Å². The number of carbonyl (C=O) groups is 2. The van der Waals surface area contributed by atoms with Crippen molar-refractivity contribution in [3.63, 3.8) is 0 Å². The molecule has 1 atom stereocenters.